The van der Waals surface area contributed by atoms with Gasteiger partial charge in [0, 0.05) is 40.5 Å². The summed E-state index contributed by atoms with van der Waals surface area (Å²) >= 11 is 1.62. The van der Waals surface area contributed by atoms with E-state index in [2.05, 4.69) is 17.1 Å². The second-order valence-corrected chi connectivity index (χ2v) is 9.54. The number of aromatic amines is 1. The molecule has 0 saturated carbocycles. The highest BCUT2D eigenvalue weighted by atomic mass is 32.2. The van der Waals surface area contributed by atoms with Crippen LogP contribution in [0.15, 0.2) is 68.7 Å². The quantitative estimate of drug-likeness (QED) is 0.399. The first-order valence-electron chi connectivity index (χ1n) is 11.3. The Morgan fingerprint density at radius 1 is 1.21 bits per heavy atom. The van der Waals surface area contributed by atoms with E-state index >= 15 is 0 Å². The molecule has 7 heteroatoms. The lowest BCUT2D eigenvalue weighted by Gasteiger charge is -2.29. The fourth-order valence-electron chi connectivity index (χ4n) is 4.77. The number of aryl methyl sites for hydroxylation is 1. The molecule has 0 fully saturated rings. The smallest absolute Gasteiger partial charge is 0.227 e. The maximum absolute atomic E-state index is 13.5. The molecule has 3 heterocycles. The third-order valence-electron chi connectivity index (χ3n) is 6.52. The second kappa shape index (κ2) is 9.06. The Morgan fingerprint density at radius 2 is 1.97 bits per heavy atom. The molecule has 1 aliphatic heterocycles. The van der Waals surface area contributed by atoms with Crippen molar-refractivity contribution in [3.05, 3.63) is 93.2 Å². The summed E-state index contributed by atoms with van der Waals surface area (Å²) in [5, 5.41) is 11.8. The lowest BCUT2D eigenvalue weighted by Crippen LogP contribution is -2.36. The number of amides is 1. The number of carbonyl (C=O) groups excluding carboxylic acids is 1. The molecule has 1 atom stereocenters. The number of aromatic hydroxyl groups is 1. The maximum Gasteiger partial charge on any atom is 0.227 e. The zero-order valence-electron chi connectivity index (χ0n) is 19.1. The van der Waals surface area contributed by atoms with Crippen molar-refractivity contribution in [1.29, 1.82) is 0 Å². The Labute approximate surface area is 201 Å². The molecule has 2 N–H and O–H groups in total. The van der Waals surface area contributed by atoms with Crippen LogP contribution in [0.3, 0.4) is 0 Å². The monoisotopic (exact) mass is 474 g/mol. The van der Waals surface area contributed by atoms with Crippen LogP contribution in [-0.2, 0) is 17.8 Å². The standard InChI is InChI=1S/C27H26N2O4S/c1-16-13-24(30)26(32)27(33-16)21(17-7-9-18(34-2)10-8-17)14-25(31)29-12-11-20-19-5-3-4-6-22(19)28-23(20)15-29/h3-10,13,21,28,32H,11-12,14-15H2,1-2H3. The first kappa shape index (κ1) is 22.3. The van der Waals surface area contributed by atoms with Crippen molar-refractivity contribution in [2.75, 3.05) is 12.8 Å². The number of fused-ring (bicyclic) bond motifs is 3. The summed E-state index contributed by atoms with van der Waals surface area (Å²) in [6.07, 6.45) is 2.87. The molecule has 4 aromatic rings. The van der Waals surface area contributed by atoms with E-state index in [4.69, 9.17) is 4.42 Å². The Balaban J connectivity index is 1.46. The fourth-order valence-corrected chi connectivity index (χ4v) is 5.18. The molecule has 2 aromatic heterocycles. The molecule has 0 bridgehead atoms. The lowest BCUT2D eigenvalue weighted by atomic mass is 9.91. The molecule has 1 aliphatic rings. The molecule has 0 saturated heterocycles. The minimum Gasteiger partial charge on any atom is -0.502 e. The normalized spacial score (nSPS) is 14.2. The minimum atomic E-state index is -0.569. The molecule has 5 rings (SSSR count). The summed E-state index contributed by atoms with van der Waals surface area (Å²) in [6.45, 7) is 2.79. The van der Waals surface area contributed by atoms with E-state index in [1.807, 2.05) is 47.6 Å². The van der Waals surface area contributed by atoms with Crippen molar-refractivity contribution in [3.8, 4) is 5.75 Å². The zero-order valence-corrected chi connectivity index (χ0v) is 19.9. The topological polar surface area (TPSA) is 86.5 Å². The molecular formula is C27H26N2O4S. The van der Waals surface area contributed by atoms with Gasteiger partial charge in [-0.1, -0.05) is 30.3 Å². The number of hydrogen-bond acceptors (Lipinski definition) is 5. The molecule has 2 aromatic carbocycles. The molecule has 0 radical (unpaired) electrons. The van der Waals surface area contributed by atoms with Crippen LogP contribution in [0, 0.1) is 6.92 Å². The van der Waals surface area contributed by atoms with E-state index in [-0.39, 0.29) is 18.1 Å². The van der Waals surface area contributed by atoms with Crippen molar-refractivity contribution >= 4 is 28.6 Å². The van der Waals surface area contributed by atoms with Crippen LogP contribution in [0.4, 0.5) is 0 Å². The predicted molar refractivity (Wildman–Crippen MR) is 133 cm³/mol. The van der Waals surface area contributed by atoms with Gasteiger partial charge in [-0.2, -0.15) is 0 Å². The van der Waals surface area contributed by atoms with Crippen LogP contribution in [0.5, 0.6) is 5.75 Å². The Hall–Kier alpha value is -3.45. The molecular weight excluding hydrogens is 448 g/mol. The van der Waals surface area contributed by atoms with Gasteiger partial charge in [0.15, 0.2) is 5.76 Å². The summed E-state index contributed by atoms with van der Waals surface area (Å²) in [6, 6.07) is 17.3. The summed E-state index contributed by atoms with van der Waals surface area (Å²) in [4.78, 5) is 32.2. The van der Waals surface area contributed by atoms with E-state index in [1.165, 1.54) is 17.0 Å². The van der Waals surface area contributed by atoms with E-state index < -0.39 is 17.1 Å². The summed E-state index contributed by atoms with van der Waals surface area (Å²) < 4.78 is 5.81. The Bertz CT molecular complexity index is 1420. The molecule has 1 amide bonds. The summed E-state index contributed by atoms with van der Waals surface area (Å²) in [5.74, 6) is -0.518. The first-order chi connectivity index (χ1) is 16.4. The Morgan fingerprint density at radius 3 is 2.74 bits per heavy atom. The predicted octanol–water partition coefficient (Wildman–Crippen LogP) is 4.96. The van der Waals surface area contributed by atoms with E-state index in [1.54, 1.807) is 18.7 Å². The van der Waals surface area contributed by atoms with Crippen molar-refractivity contribution in [2.24, 2.45) is 0 Å². The number of nitrogens with zero attached hydrogens (tertiary/aromatic N) is 1. The lowest BCUT2D eigenvalue weighted by molar-refractivity contribution is -0.132. The largest absolute Gasteiger partial charge is 0.502 e. The van der Waals surface area contributed by atoms with Gasteiger partial charge in [-0.15, -0.1) is 11.8 Å². The highest BCUT2D eigenvalue weighted by Gasteiger charge is 2.30. The van der Waals surface area contributed by atoms with Gasteiger partial charge < -0.3 is 19.4 Å². The summed E-state index contributed by atoms with van der Waals surface area (Å²) in [7, 11) is 0. The van der Waals surface area contributed by atoms with Gasteiger partial charge in [-0.25, -0.2) is 0 Å². The second-order valence-electron chi connectivity index (χ2n) is 8.66. The first-order valence-corrected chi connectivity index (χ1v) is 12.5. The van der Waals surface area contributed by atoms with E-state index in [0.29, 0.717) is 18.8 Å². The van der Waals surface area contributed by atoms with Gasteiger partial charge in [0.25, 0.3) is 0 Å². The van der Waals surface area contributed by atoms with Crippen LogP contribution < -0.4 is 5.43 Å². The van der Waals surface area contributed by atoms with Gasteiger partial charge in [-0.05, 0) is 48.9 Å². The van der Waals surface area contributed by atoms with Crippen molar-refractivity contribution in [2.45, 2.75) is 37.1 Å². The zero-order chi connectivity index (χ0) is 23.8. The average Bonchev–Trinajstić information content (AvgIpc) is 3.22. The number of carbonyl (C=O) groups is 1. The van der Waals surface area contributed by atoms with Crippen molar-refractivity contribution < 1.29 is 14.3 Å². The Kier molecular flexibility index (Phi) is 5.96. The van der Waals surface area contributed by atoms with Crippen LogP contribution in [0.25, 0.3) is 10.9 Å². The number of nitrogens with one attached hydrogen (secondary N) is 1. The number of thioether (sulfide) groups is 1. The van der Waals surface area contributed by atoms with E-state index in [0.717, 1.165) is 28.1 Å². The number of H-pyrrole nitrogens is 1. The van der Waals surface area contributed by atoms with Gasteiger partial charge in [0.2, 0.25) is 17.1 Å². The minimum absolute atomic E-state index is 0.0493. The highest BCUT2D eigenvalue weighted by molar-refractivity contribution is 7.98. The molecule has 0 spiro atoms. The number of benzene rings is 2. The van der Waals surface area contributed by atoms with Crippen LogP contribution in [-0.4, -0.2) is 33.7 Å². The number of para-hydroxylation sites is 1. The molecule has 0 aliphatic carbocycles. The van der Waals surface area contributed by atoms with Gasteiger partial charge in [0.1, 0.15) is 5.76 Å². The van der Waals surface area contributed by atoms with Gasteiger partial charge in [0.05, 0.1) is 12.5 Å². The van der Waals surface area contributed by atoms with Gasteiger partial charge >= 0.3 is 0 Å². The average molecular weight is 475 g/mol. The summed E-state index contributed by atoms with van der Waals surface area (Å²) in [5.41, 5.74) is 3.73. The van der Waals surface area contributed by atoms with E-state index in [9.17, 15) is 14.7 Å². The highest BCUT2D eigenvalue weighted by Crippen LogP contribution is 2.35. The molecule has 174 valence electrons. The van der Waals surface area contributed by atoms with Crippen LogP contribution in [0.1, 0.15) is 40.7 Å². The SMILES string of the molecule is CSc1ccc(C(CC(=O)N2CCc3c([nH]c4ccccc34)C2)c2oc(C)cc(=O)c2O)cc1. The third kappa shape index (κ3) is 4.12. The maximum atomic E-state index is 13.5. The fraction of sp³-hybridized carbons (Fsp3) is 0.259. The molecule has 1 unspecified atom stereocenters. The number of hydrogen-bond donors (Lipinski definition) is 2. The van der Waals surface area contributed by atoms with Crippen LogP contribution >= 0.6 is 11.8 Å². The molecule has 6 nitrogen and oxygen atoms in total. The van der Waals surface area contributed by atoms with Gasteiger partial charge in [-0.3, -0.25) is 9.59 Å². The molecule has 34 heavy (non-hydrogen) atoms. The number of aromatic nitrogens is 1. The number of rotatable bonds is 5. The third-order valence-corrected chi connectivity index (χ3v) is 7.26. The van der Waals surface area contributed by atoms with Crippen molar-refractivity contribution in [1.82, 2.24) is 9.88 Å². The van der Waals surface area contributed by atoms with Crippen molar-refractivity contribution in [3.63, 3.8) is 0 Å². The van der Waals surface area contributed by atoms with Crippen LogP contribution in [0.2, 0.25) is 0 Å².